The monoisotopic (exact) mass is 321 g/mol. The van der Waals surface area contributed by atoms with Gasteiger partial charge < -0.3 is 4.57 Å². The summed E-state index contributed by atoms with van der Waals surface area (Å²) in [5.74, 6) is 0.0603. The first-order valence-electron chi connectivity index (χ1n) is 7.50. The van der Waals surface area contributed by atoms with E-state index < -0.39 is 11.7 Å². The summed E-state index contributed by atoms with van der Waals surface area (Å²) in [6.07, 6.45) is -3.25. The van der Waals surface area contributed by atoms with Crippen LogP contribution < -0.4 is 0 Å². The van der Waals surface area contributed by atoms with Crippen molar-refractivity contribution in [2.24, 2.45) is 5.41 Å². The molecule has 0 saturated carbocycles. The molecule has 1 heterocycles. The molecule has 3 rings (SSSR count). The van der Waals surface area contributed by atoms with Crippen LogP contribution in [0.15, 0.2) is 30.3 Å². The standard InChI is InChI=1S/C18H18F3NO/c1-11-7-14-15(9-17(2,3)10-16(14)23)22(11)13-6-4-5-12(8-13)18(19,20)21/h4-8H,9-10H2,1-3H3. The number of carbonyl (C=O) groups is 1. The Balaban J connectivity index is 2.18. The zero-order chi connectivity index (χ0) is 17.0. The van der Waals surface area contributed by atoms with E-state index in [1.165, 1.54) is 6.07 Å². The fourth-order valence-electron chi connectivity index (χ4n) is 3.33. The molecule has 23 heavy (non-hydrogen) atoms. The van der Waals surface area contributed by atoms with Crippen molar-refractivity contribution in [3.05, 3.63) is 52.8 Å². The van der Waals surface area contributed by atoms with Crippen LogP contribution in [-0.2, 0) is 12.6 Å². The number of alkyl halides is 3. The van der Waals surface area contributed by atoms with Gasteiger partial charge >= 0.3 is 6.18 Å². The molecule has 1 aliphatic rings. The number of Topliss-reactive ketones (excluding diaryl/α,β-unsaturated/α-hetero) is 1. The molecule has 0 N–H and O–H groups in total. The SMILES string of the molecule is Cc1cc2c(n1-c1cccc(C(F)(F)F)c1)CC(C)(C)CC2=O. The molecule has 122 valence electrons. The van der Waals surface area contributed by atoms with Crippen molar-refractivity contribution in [3.8, 4) is 5.69 Å². The van der Waals surface area contributed by atoms with E-state index in [0.29, 0.717) is 24.1 Å². The van der Waals surface area contributed by atoms with Gasteiger partial charge in [0.1, 0.15) is 0 Å². The number of nitrogens with zero attached hydrogens (tertiary/aromatic N) is 1. The Morgan fingerprint density at radius 1 is 1.13 bits per heavy atom. The lowest BCUT2D eigenvalue weighted by atomic mass is 9.76. The van der Waals surface area contributed by atoms with Crippen LogP contribution in [0.5, 0.6) is 0 Å². The normalized spacial score (nSPS) is 17.2. The number of aromatic nitrogens is 1. The molecule has 0 spiro atoms. The van der Waals surface area contributed by atoms with E-state index in [-0.39, 0.29) is 11.2 Å². The molecule has 5 heteroatoms. The van der Waals surface area contributed by atoms with Crippen LogP contribution in [0.1, 0.15) is 47.6 Å². The summed E-state index contributed by atoms with van der Waals surface area (Å²) in [4.78, 5) is 12.3. The fraction of sp³-hybridized carbons (Fsp3) is 0.389. The number of aryl methyl sites for hydroxylation is 1. The van der Waals surface area contributed by atoms with Gasteiger partial charge in [0.2, 0.25) is 0 Å². The highest BCUT2D eigenvalue weighted by Crippen LogP contribution is 2.38. The van der Waals surface area contributed by atoms with Crippen LogP contribution in [0.2, 0.25) is 0 Å². The quantitative estimate of drug-likeness (QED) is 0.727. The average Bonchev–Trinajstić information content (AvgIpc) is 2.73. The molecule has 0 bridgehead atoms. The topological polar surface area (TPSA) is 22.0 Å². The summed E-state index contributed by atoms with van der Waals surface area (Å²) in [6, 6.07) is 7.03. The molecule has 1 aliphatic carbocycles. The maximum Gasteiger partial charge on any atom is 0.416 e. The maximum absolute atomic E-state index is 13.0. The van der Waals surface area contributed by atoms with Gasteiger partial charge in [-0.2, -0.15) is 13.2 Å². The van der Waals surface area contributed by atoms with E-state index in [1.54, 1.807) is 16.7 Å². The molecule has 2 aromatic rings. The summed E-state index contributed by atoms with van der Waals surface area (Å²) < 4.78 is 40.7. The maximum atomic E-state index is 13.0. The molecular weight excluding hydrogens is 303 g/mol. The molecule has 0 atom stereocenters. The third-order valence-electron chi connectivity index (χ3n) is 4.30. The lowest BCUT2D eigenvalue weighted by Gasteiger charge is -2.30. The second kappa shape index (κ2) is 4.98. The number of hydrogen-bond donors (Lipinski definition) is 0. The van der Waals surface area contributed by atoms with Crippen molar-refractivity contribution in [1.29, 1.82) is 0 Å². The van der Waals surface area contributed by atoms with Crippen molar-refractivity contribution in [2.45, 2.75) is 39.8 Å². The van der Waals surface area contributed by atoms with Crippen LogP contribution >= 0.6 is 0 Å². The number of rotatable bonds is 1. The van der Waals surface area contributed by atoms with Crippen LogP contribution in [-0.4, -0.2) is 10.4 Å². The van der Waals surface area contributed by atoms with Gasteiger partial charge in [0.05, 0.1) is 5.56 Å². The Bertz CT molecular complexity index is 784. The lowest BCUT2D eigenvalue weighted by molar-refractivity contribution is -0.137. The summed E-state index contributed by atoms with van der Waals surface area (Å²) in [5.41, 5.74) is 1.80. The molecule has 2 nitrogen and oxygen atoms in total. The first kappa shape index (κ1) is 15.8. The molecule has 0 fully saturated rings. The van der Waals surface area contributed by atoms with Gasteiger partial charge in [0.15, 0.2) is 5.78 Å². The zero-order valence-electron chi connectivity index (χ0n) is 13.3. The average molecular weight is 321 g/mol. The first-order chi connectivity index (χ1) is 10.6. The molecule has 0 saturated heterocycles. The molecule has 0 unspecified atom stereocenters. The van der Waals surface area contributed by atoms with Crippen LogP contribution in [0, 0.1) is 12.3 Å². The molecular formula is C18H18F3NO. The lowest BCUT2D eigenvalue weighted by Crippen LogP contribution is -2.27. The molecule has 0 aliphatic heterocycles. The van der Waals surface area contributed by atoms with Crippen molar-refractivity contribution in [1.82, 2.24) is 4.57 Å². The van der Waals surface area contributed by atoms with E-state index in [9.17, 15) is 18.0 Å². The Labute approximate surface area is 132 Å². The summed E-state index contributed by atoms with van der Waals surface area (Å²) >= 11 is 0. The van der Waals surface area contributed by atoms with Crippen LogP contribution in [0.25, 0.3) is 5.69 Å². The van der Waals surface area contributed by atoms with Gasteiger partial charge in [-0.15, -0.1) is 0 Å². The van der Waals surface area contributed by atoms with E-state index in [4.69, 9.17) is 0 Å². The summed E-state index contributed by atoms with van der Waals surface area (Å²) in [5, 5.41) is 0. The number of halogens is 3. The smallest absolute Gasteiger partial charge is 0.317 e. The Kier molecular flexibility index (Phi) is 3.43. The van der Waals surface area contributed by atoms with Crippen LogP contribution in [0.4, 0.5) is 13.2 Å². The number of benzene rings is 1. The number of ketones is 1. The van der Waals surface area contributed by atoms with Gasteiger partial charge in [-0.25, -0.2) is 0 Å². The minimum absolute atomic E-state index is 0.0603. The van der Waals surface area contributed by atoms with E-state index in [0.717, 1.165) is 23.5 Å². The molecule has 0 radical (unpaired) electrons. The first-order valence-corrected chi connectivity index (χ1v) is 7.50. The Hall–Kier alpha value is -2.04. The number of fused-ring (bicyclic) bond motifs is 1. The third kappa shape index (κ3) is 2.80. The van der Waals surface area contributed by atoms with E-state index in [1.807, 2.05) is 20.8 Å². The molecule has 1 aromatic heterocycles. The second-order valence-electron chi connectivity index (χ2n) is 6.97. The Morgan fingerprint density at radius 3 is 2.48 bits per heavy atom. The highest BCUT2D eigenvalue weighted by Gasteiger charge is 2.35. The fourth-order valence-corrected chi connectivity index (χ4v) is 3.33. The highest BCUT2D eigenvalue weighted by molar-refractivity contribution is 5.99. The molecule has 0 amide bonds. The largest absolute Gasteiger partial charge is 0.416 e. The van der Waals surface area contributed by atoms with E-state index in [2.05, 4.69) is 0 Å². The summed E-state index contributed by atoms with van der Waals surface area (Å²) in [7, 11) is 0. The third-order valence-corrected chi connectivity index (χ3v) is 4.30. The van der Waals surface area contributed by atoms with E-state index >= 15 is 0 Å². The van der Waals surface area contributed by atoms with Gasteiger partial charge in [-0.1, -0.05) is 19.9 Å². The predicted molar refractivity (Wildman–Crippen MR) is 81.9 cm³/mol. The van der Waals surface area contributed by atoms with Crippen molar-refractivity contribution >= 4 is 5.78 Å². The van der Waals surface area contributed by atoms with Crippen LogP contribution in [0.3, 0.4) is 0 Å². The van der Waals surface area contributed by atoms with Crippen molar-refractivity contribution < 1.29 is 18.0 Å². The minimum atomic E-state index is -4.38. The number of carbonyl (C=O) groups excluding carboxylic acids is 1. The van der Waals surface area contributed by atoms with Crippen molar-refractivity contribution in [2.75, 3.05) is 0 Å². The van der Waals surface area contributed by atoms with Gasteiger partial charge in [0, 0.05) is 29.1 Å². The number of hydrogen-bond acceptors (Lipinski definition) is 1. The minimum Gasteiger partial charge on any atom is -0.317 e. The highest BCUT2D eigenvalue weighted by atomic mass is 19.4. The Morgan fingerprint density at radius 2 is 1.83 bits per heavy atom. The van der Waals surface area contributed by atoms with Gasteiger partial charge in [0.25, 0.3) is 0 Å². The second-order valence-corrected chi connectivity index (χ2v) is 6.97. The van der Waals surface area contributed by atoms with Crippen molar-refractivity contribution in [3.63, 3.8) is 0 Å². The molecule has 1 aromatic carbocycles. The summed E-state index contributed by atoms with van der Waals surface area (Å²) in [6.45, 7) is 5.83. The predicted octanol–water partition coefficient (Wildman–Crippen LogP) is 4.96. The van der Waals surface area contributed by atoms with Gasteiger partial charge in [-0.05, 0) is 43.0 Å². The zero-order valence-corrected chi connectivity index (χ0v) is 13.3. The van der Waals surface area contributed by atoms with Gasteiger partial charge in [-0.3, -0.25) is 4.79 Å².